The van der Waals surface area contributed by atoms with Crippen LogP contribution in [0.2, 0.25) is 5.02 Å². The van der Waals surface area contributed by atoms with Gasteiger partial charge in [-0.2, -0.15) is 0 Å². The summed E-state index contributed by atoms with van der Waals surface area (Å²) in [6.07, 6.45) is 1.41. The van der Waals surface area contributed by atoms with Crippen molar-refractivity contribution in [3.05, 3.63) is 11.1 Å². The van der Waals surface area contributed by atoms with Gasteiger partial charge in [-0.15, -0.1) is 0 Å². The second-order valence-corrected chi connectivity index (χ2v) is 2.48. The van der Waals surface area contributed by atoms with Crippen molar-refractivity contribution in [3.8, 4) is 0 Å². The number of hydrogen-bond acceptors (Lipinski definition) is 3. The van der Waals surface area contributed by atoms with Crippen molar-refractivity contribution in [2.24, 2.45) is 4.99 Å². The highest BCUT2D eigenvalue weighted by Crippen LogP contribution is 2.35. The third-order valence-electron chi connectivity index (χ3n) is 1.31. The van der Waals surface area contributed by atoms with Gasteiger partial charge in [0.2, 0.25) is 0 Å². The van der Waals surface area contributed by atoms with Crippen LogP contribution in [-0.4, -0.2) is 11.3 Å². The molecule has 0 fully saturated rings. The Morgan fingerprint density at radius 2 is 2.27 bits per heavy atom. The van der Waals surface area contributed by atoms with Gasteiger partial charge in [-0.1, -0.05) is 11.6 Å². The van der Waals surface area contributed by atoms with Crippen molar-refractivity contribution in [3.63, 3.8) is 0 Å². The fourth-order valence-electron chi connectivity index (χ4n) is 0.863. The van der Waals surface area contributed by atoms with Crippen molar-refractivity contribution in [1.82, 2.24) is 10.3 Å². The van der Waals surface area contributed by atoms with E-state index in [1.54, 1.807) is 6.07 Å². The average molecular weight is 168 g/mol. The molecule has 2 heterocycles. The molecule has 0 spiro atoms. The van der Waals surface area contributed by atoms with Gasteiger partial charge in [-0.3, -0.25) is 0 Å². The van der Waals surface area contributed by atoms with Crippen LogP contribution in [0.3, 0.4) is 0 Å². The Hall–Kier alpha value is -1.29. The molecule has 0 aromatic carbocycles. The topological polar surface area (TPSA) is 65.4 Å². The lowest BCUT2D eigenvalue weighted by atomic mass is 10.4. The fourth-order valence-corrected chi connectivity index (χ4v) is 1.11. The normalized spacial score (nSPS) is 12.8. The Balaban J connectivity index is 2.67. The first kappa shape index (κ1) is 6.42. The number of pyridine rings is 1. The first-order valence-electron chi connectivity index (χ1n) is 2.97. The lowest BCUT2D eigenvalue weighted by Crippen LogP contribution is -1.94. The molecule has 0 amide bonds. The molecule has 11 heavy (non-hydrogen) atoms. The molecule has 0 bridgehead atoms. The number of anilines is 1. The summed E-state index contributed by atoms with van der Waals surface area (Å²) in [5.74, 6) is 0.859. The van der Waals surface area contributed by atoms with E-state index in [1.165, 1.54) is 6.34 Å². The van der Waals surface area contributed by atoms with Gasteiger partial charge >= 0.3 is 0 Å². The molecular weight excluding hydrogens is 164 g/mol. The van der Waals surface area contributed by atoms with E-state index >= 15 is 0 Å². The third kappa shape index (κ3) is 0.914. The second-order valence-electron chi connectivity index (χ2n) is 2.07. The first-order valence-corrected chi connectivity index (χ1v) is 3.34. The molecule has 2 rings (SSSR count). The highest BCUT2D eigenvalue weighted by molar-refractivity contribution is 6.34. The Bertz CT molecular complexity index is 334. The van der Waals surface area contributed by atoms with Crippen LogP contribution >= 0.6 is 11.6 Å². The van der Waals surface area contributed by atoms with Crippen LogP contribution in [0.15, 0.2) is 11.1 Å². The number of hydrogen-bond donors (Lipinski definition) is 1. The molecule has 1 radical (unpaired) electrons. The van der Waals surface area contributed by atoms with E-state index in [0.717, 1.165) is 0 Å². The van der Waals surface area contributed by atoms with E-state index in [4.69, 9.17) is 17.3 Å². The zero-order valence-electron chi connectivity index (χ0n) is 5.45. The summed E-state index contributed by atoms with van der Waals surface area (Å²) in [5, 5.41) is 4.34. The van der Waals surface area contributed by atoms with Gasteiger partial charge in [0.05, 0.1) is 5.02 Å². The van der Waals surface area contributed by atoms with Crippen molar-refractivity contribution >= 4 is 35.3 Å². The second kappa shape index (κ2) is 2.10. The number of nitrogens with zero attached hydrogens (tertiary/aromatic N) is 3. The van der Waals surface area contributed by atoms with Crippen molar-refractivity contribution in [2.75, 3.05) is 5.73 Å². The summed E-state index contributed by atoms with van der Waals surface area (Å²) >= 11 is 5.78. The highest BCUT2D eigenvalue weighted by atomic mass is 35.5. The minimum atomic E-state index is 0.364. The van der Waals surface area contributed by atoms with Gasteiger partial charge in [-0.25, -0.2) is 15.3 Å². The summed E-state index contributed by atoms with van der Waals surface area (Å²) < 4.78 is 0. The smallest absolute Gasteiger partial charge is 0.183 e. The standard InChI is InChI=1S/C6H4ClN4/c7-3-1-4(8)11-6-5(3)9-2-10-6/h1-2H,(H2,8,11). The maximum absolute atomic E-state index is 5.78. The maximum atomic E-state index is 5.78. The maximum Gasteiger partial charge on any atom is 0.183 e. The summed E-state index contributed by atoms with van der Waals surface area (Å²) in [6.45, 7) is 0. The van der Waals surface area contributed by atoms with Crippen LogP contribution in [0.25, 0.3) is 0 Å². The molecule has 0 unspecified atom stereocenters. The first-order chi connectivity index (χ1) is 5.27. The van der Waals surface area contributed by atoms with Crippen LogP contribution < -0.4 is 11.1 Å². The van der Waals surface area contributed by atoms with Crippen LogP contribution in [0.1, 0.15) is 0 Å². The fraction of sp³-hybridized carbons (Fsp3) is 0. The predicted molar refractivity (Wildman–Crippen MR) is 43.6 cm³/mol. The monoisotopic (exact) mass is 167 g/mol. The number of rotatable bonds is 0. The molecule has 0 aliphatic carbocycles. The minimum Gasteiger partial charge on any atom is -0.384 e. The third-order valence-corrected chi connectivity index (χ3v) is 1.60. The zero-order chi connectivity index (χ0) is 7.84. The van der Waals surface area contributed by atoms with Crippen LogP contribution in [0.5, 0.6) is 0 Å². The molecule has 1 aliphatic rings. The van der Waals surface area contributed by atoms with Gasteiger partial charge in [0.15, 0.2) is 5.82 Å². The van der Waals surface area contributed by atoms with Gasteiger partial charge in [0, 0.05) is 6.07 Å². The number of aromatic nitrogens is 1. The lowest BCUT2D eigenvalue weighted by Gasteiger charge is -1.98. The SMILES string of the molecule is Nc1cc(Cl)c2c(n1)[N]C=N2. The molecular formula is C6H4ClN4. The van der Waals surface area contributed by atoms with Crippen LogP contribution in [0, 0.1) is 0 Å². The van der Waals surface area contributed by atoms with Crippen molar-refractivity contribution in [1.29, 1.82) is 0 Å². The summed E-state index contributed by atoms with van der Waals surface area (Å²) in [7, 11) is 0. The Morgan fingerprint density at radius 3 is 3.09 bits per heavy atom. The summed E-state index contributed by atoms with van der Waals surface area (Å²) in [5.41, 5.74) is 6.02. The number of aliphatic imine (C=N–C) groups is 1. The van der Waals surface area contributed by atoms with Crippen molar-refractivity contribution < 1.29 is 0 Å². The largest absolute Gasteiger partial charge is 0.384 e. The van der Waals surface area contributed by atoms with Gasteiger partial charge in [0.25, 0.3) is 0 Å². The lowest BCUT2D eigenvalue weighted by molar-refractivity contribution is 1.20. The van der Waals surface area contributed by atoms with Crippen molar-refractivity contribution in [2.45, 2.75) is 0 Å². The Kier molecular flexibility index (Phi) is 1.22. The minimum absolute atomic E-state index is 0.364. The molecule has 1 aromatic heterocycles. The molecule has 1 aliphatic heterocycles. The zero-order valence-corrected chi connectivity index (χ0v) is 6.21. The molecule has 55 valence electrons. The highest BCUT2D eigenvalue weighted by Gasteiger charge is 2.13. The molecule has 2 N–H and O–H groups in total. The summed E-state index contributed by atoms with van der Waals surface area (Å²) in [4.78, 5) is 7.81. The Labute approximate surface area is 68.1 Å². The van der Waals surface area contributed by atoms with E-state index < -0.39 is 0 Å². The molecule has 0 atom stereocenters. The number of fused-ring (bicyclic) bond motifs is 1. The van der Waals surface area contributed by atoms with E-state index in [1.807, 2.05) is 0 Å². The number of nitrogens with two attached hydrogens (primary N) is 1. The average Bonchev–Trinajstić information content (AvgIpc) is 2.34. The van der Waals surface area contributed by atoms with Crippen LogP contribution in [-0.2, 0) is 0 Å². The van der Waals surface area contributed by atoms with E-state index in [-0.39, 0.29) is 0 Å². The number of halogens is 1. The molecule has 0 saturated heterocycles. The van der Waals surface area contributed by atoms with Gasteiger partial charge in [0.1, 0.15) is 17.8 Å². The molecule has 1 aromatic rings. The van der Waals surface area contributed by atoms with Gasteiger partial charge < -0.3 is 5.73 Å². The Morgan fingerprint density at radius 1 is 1.45 bits per heavy atom. The molecule has 5 heteroatoms. The van der Waals surface area contributed by atoms with Crippen LogP contribution in [0.4, 0.5) is 17.3 Å². The van der Waals surface area contributed by atoms with E-state index in [0.29, 0.717) is 22.3 Å². The van der Waals surface area contributed by atoms with E-state index in [2.05, 4.69) is 15.3 Å². The van der Waals surface area contributed by atoms with Gasteiger partial charge in [-0.05, 0) is 0 Å². The number of nitrogen functional groups attached to an aromatic ring is 1. The van der Waals surface area contributed by atoms with E-state index in [9.17, 15) is 0 Å². The molecule has 0 saturated carbocycles. The molecule has 4 nitrogen and oxygen atoms in total. The predicted octanol–water partition coefficient (Wildman–Crippen LogP) is 1.23. The quantitative estimate of drug-likeness (QED) is 0.632. The summed E-state index contributed by atoms with van der Waals surface area (Å²) in [6, 6.07) is 1.55.